The number of nitrogens with two attached hydrogens (primary N) is 1. The van der Waals surface area contributed by atoms with Gasteiger partial charge in [-0.05, 0) is 13.3 Å². The van der Waals surface area contributed by atoms with Crippen LogP contribution in [0.15, 0.2) is 4.99 Å². The summed E-state index contributed by atoms with van der Waals surface area (Å²) in [6.07, 6.45) is 1.04. The van der Waals surface area contributed by atoms with Gasteiger partial charge in [0.1, 0.15) is 6.04 Å². The van der Waals surface area contributed by atoms with Crippen molar-refractivity contribution in [3.05, 3.63) is 0 Å². The number of nitrogens with zero attached hydrogens (tertiary/aromatic N) is 1. The Hall–Kier alpha value is -0.710. The maximum Gasteiger partial charge on any atom is 0.239 e. The van der Waals surface area contributed by atoms with Gasteiger partial charge in [-0.15, -0.1) is 0 Å². The third kappa shape index (κ3) is 2.91. The van der Waals surface area contributed by atoms with E-state index in [0.29, 0.717) is 6.04 Å². The Bertz CT molecular complexity index is 229. The predicted molar refractivity (Wildman–Crippen MR) is 55.8 cm³/mol. The Morgan fingerprint density at radius 2 is 2.62 bits per heavy atom. The lowest BCUT2D eigenvalue weighted by Crippen LogP contribution is -2.40. The zero-order valence-corrected chi connectivity index (χ0v) is 8.73. The van der Waals surface area contributed by atoms with E-state index in [9.17, 15) is 4.79 Å². The number of nitrogens with one attached hydrogen (secondary N) is 1. The first-order valence-corrected chi connectivity index (χ1v) is 5.38. The molecule has 2 atom stereocenters. The number of amidine groups is 1. The Balaban J connectivity index is 2.42. The van der Waals surface area contributed by atoms with Gasteiger partial charge in [-0.25, -0.2) is 0 Å². The number of hydrogen-bond donors (Lipinski definition) is 2. The zero-order chi connectivity index (χ0) is 9.84. The molecule has 1 aliphatic heterocycles. The molecule has 0 fully saturated rings. The Labute approximate surface area is 82.4 Å². The lowest BCUT2D eigenvalue weighted by Gasteiger charge is -2.09. The van der Waals surface area contributed by atoms with Crippen molar-refractivity contribution in [1.29, 1.82) is 0 Å². The Morgan fingerprint density at radius 3 is 3.08 bits per heavy atom. The molecule has 0 aliphatic carbocycles. The number of carbonyl (C=O) groups is 1. The van der Waals surface area contributed by atoms with Crippen LogP contribution in [-0.4, -0.2) is 28.9 Å². The van der Waals surface area contributed by atoms with Gasteiger partial charge in [0.25, 0.3) is 0 Å². The lowest BCUT2D eigenvalue weighted by atomic mass is 10.3. The molecule has 1 rings (SSSR count). The van der Waals surface area contributed by atoms with Crippen molar-refractivity contribution < 1.29 is 4.79 Å². The maximum atomic E-state index is 10.7. The van der Waals surface area contributed by atoms with Gasteiger partial charge in [-0.2, -0.15) is 0 Å². The molecule has 0 aromatic rings. The topological polar surface area (TPSA) is 67.5 Å². The standard InChI is InChI=1S/C8H15N3OS/c1-3-6-4-13-8(11-6)10-5(2)7(9)12/h5-6H,3-4H2,1-2H3,(H2,9,12)(H,10,11). The largest absolute Gasteiger partial charge is 0.368 e. The minimum atomic E-state index is -0.344. The first-order valence-electron chi connectivity index (χ1n) is 4.40. The SMILES string of the molecule is CCC1CSC(NC(C)C(N)=O)=N1. The first kappa shape index (κ1) is 10.4. The van der Waals surface area contributed by atoms with Crippen LogP contribution in [0.25, 0.3) is 0 Å². The third-order valence-electron chi connectivity index (χ3n) is 1.95. The fraction of sp³-hybridized carbons (Fsp3) is 0.750. The van der Waals surface area contributed by atoms with E-state index in [1.807, 2.05) is 0 Å². The van der Waals surface area contributed by atoms with Crippen LogP contribution in [0.3, 0.4) is 0 Å². The zero-order valence-electron chi connectivity index (χ0n) is 7.91. The quantitative estimate of drug-likeness (QED) is 0.691. The van der Waals surface area contributed by atoms with E-state index in [1.54, 1.807) is 18.7 Å². The van der Waals surface area contributed by atoms with Crippen molar-refractivity contribution in [3.63, 3.8) is 0 Å². The van der Waals surface area contributed by atoms with Gasteiger partial charge < -0.3 is 11.1 Å². The molecule has 1 amide bonds. The summed E-state index contributed by atoms with van der Waals surface area (Å²) >= 11 is 1.65. The van der Waals surface area contributed by atoms with Crippen LogP contribution < -0.4 is 11.1 Å². The minimum absolute atomic E-state index is 0.332. The number of amides is 1. The van der Waals surface area contributed by atoms with Crippen LogP contribution in [-0.2, 0) is 4.79 Å². The third-order valence-corrected chi connectivity index (χ3v) is 3.00. The van der Waals surface area contributed by atoms with Crippen LogP contribution in [0, 0.1) is 0 Å². The molecule has 0 bridgehead atoms. The molecular weight excluding hydrogens is 186 g/mol. The molecule has 0 saturated carbocycles. The van der Waals surface area contributed by atoms with Crippen molar-refractivity contribution in [2.45, 2.75) is 32.4 Å². The summed E-state index contributed by atoms with van der Waals surface area (Å²) in [5.41, 5.74) is 5.12. The molecule has 1 aliphatic rings. The van der Waals surface area contributed by atoms with E-state index in [4.69, 9.17) is 5.73 Å². The van der Waals surface area contributed by atoms with Crippen molar-refractivity contribution in [3.8, 4) is 0 Å². The summed E-state index contributed by atoms with van der Waals surface area (Å²) in [6.45, 7) is 3.85. The van der Waals surface area contributed by atoms with Crippen LogP contribution in [0.2, 0.25) is 0 Å². The van der Waals surface area contributed by atoms with Crippen molar-refractivity contribution in [2.24, 2.45) is 10.7 Å². The number of carbonyl (C=O) groups excluding carboxylic acids is 1. The molecule has 0 spiro atoms. The fourth-order valence-corrected chi connectivity index (χ4v) is 2.10. The average molecular weight is 201 g/mol. The number of thioether (sulfide) groups is 1. The van der Waals surface area contributed by atoms with Crippen LogP contribution in [0.5, 0.6) is 0 Å². The summed E-state index contributed by atoms with van der Waals surface area (Å²) in [4.78, 5) is 15.1. The molecular formula is C8H15N3OS. The summed E-state index contributed by atoms with van der Waals surface area (Å²) in [6, 6.07) is 0.0643. The maximum absolute atomic E-state index is 10.7. The lowest BCUT2D eigenvalue weighted by molar-refractivity contribution is -0.119. The van der Waals surface area contributed by atoms with Crippen LogP contribution in [0.4, 0.5) is 0 Å². The van der Waals surface area contributed by atoms with Gasteiger partial charge in [-0.1, -0.05) is 18.7 Å². The summed E-state index contributed by atoms with van der Waals surface area (Å²) in [5.74, 6) is 0.660. The molecule has 13 heavy (non-hydrogen) atoms. The number of aliphatic imine (C=N–C) groups is 1. The van der Waals surface area contributed by atoms with Gasteiger partial charge in [-0.3, -0.25) is 9.79 Å². The molecule has 2 unspecified atom stereocenters. The summed E-state index contributed by atoms with van der Waals surface area (Å²) in [7, 11) is 0. The highest BCUT2D eigenvalue weighted by atomic mass is 32.2. The number of hydrogen-bond acceptors (Lipinski definition) is 4. The predicted octanol–water partition coefficient (Wildman–Crippen LogP) is 0.331. The van der Waals surface area contributed by atoms with Crippen molar-refractivity contribution >= 4 is 22.8 Å². The van der Waals surface area contributed by atoms with Gasteiger partial charge in [0.05, 0.1) is 6.04 Å². The van der Waals surface area contributed by atoms with Gasteiger partial charge in [0.2, 0.25) is 5.91 Å². The monoisotopic (exact) mass is 201 g/mol. The molecule has 1 heterocycles. The number of primary amides is 1. The van der Waals surface area contributed by atoms with Gasteiger partial charge >= 0.3 is 0 Å². The average Bonchev–Trinajstić information content (AvgIpc) is 2.52. The van der Waals surface area contributed by atoms with E-state index >= 15 is 0 Å². The molecule has 0 aromatic heterocycles. The normalized spacial score (nSPS) is 23.8. The van der Waals surface area contributed by atoms with E-state index in [0.717, 1.165) is 17.3 Å². The molecule has 0 radical (unpaired) electrons. The molecule has 74 valence electrons. The van der Waals surface area contributed by atoms with E-state index < -0.39 is 0 Å². The molecule has 4 nitrogen and oxygen atoms in total. The minimum Gasteiger partial charge on any atom is -0.368 e. The smallest absolute Gasteiger partial charge is 0.239 e. The highest BCUT2D eigenvalue weighted by molar-refractivity contribution is 8.14. The fourth-order valence-electron chi connectivity index (χ4n) is 0.960. The second-order valence-corrected chi connectivity index (χ2v) is 4.08. The second kappa shape index (κ2) is 4.50. The van der Waals surface area contributed by atoms with E-state index in [2.05, 4.69) is 17.2 Å². The van der Waals surface area contributed by atoms with Crippen LogP contribution >= 0.6 is 11.8 Å². The highest BCUT2D eigenvalue weighted by Crippen LogP contribution is 2.18. The van der Waals surface area contributed by atoms with Gasteiger partial charge in [0, 0.05) is 5.75 Å². The van der Waals surface area contributed by atoms with Crippen molar-refractivity contribution in [2.75, 3.05) is 5.75 Å². The first-order chi connectivity index (χ1) is 6.13. The van der Waals surface area contributed by atoms with E-state index in [-0.39, 0.29) is 11.9 Å². The van der Waals surface area contributed by atoms with Gasteiger partial charge in [0.15, 0.2) is 5.17 Å². The van der Waals surface area contributed by atoms with Crippen molar-refractivity contribution in [1.82, 2.24) is 5.32 Å². The van der Waals surface area contributed by atoms with E-state index in [1.165, 1.54) is 0 Å². The molecule has 3 N–H and O–H groups in total. The summed E-state index contributed by atoms with van der Waals surface area (Å²) in [5, 5.41) is 3.83. The summed E-state index contributed by atoms with van der Waals surface area (Å²) < 4.78 is 0. The molecule has 5 heteroatoms. The van der Waals surface area contributed by atoms with Crippen LogP contribution in [0.1, 0.15) is 20.3 Å². The molecule has 0 saturated heterocycles. The highest BCUT2D eigenvalue weighted by Gasteiger charge is 2.19. The Morgan fingerprint density at radius 1 is 1.92 bits per heavy atom. The second-order valence-electron chi connectivity index (χ2n) is 3.08. The Kier molecular flexibility index (Phi) is 3.59. The number of rotatable bonds is 3. The molecule has 0 aromatic carbocycles.